The number of benzene rings is 2. The van der Waals surface area contributed by atoms with Gasteiger partial charge in [0.25, 0.3) is 5.91 Å². The second-order valence-corrected chi connectivity index (χ2v) is 11.5. The quantitative estimate of drug-likeness (QED) is 0.302. The number of aromatic nitrogens is 1. The van der Waals surface area contributed by atoms with Gasteiger partial charge >= 0.3 is 0 Å². The second-order valence-electron chi connectivity index (χ2n) is 8.62. The van der Waals surface area contributed by atoms with Crippen molar-refractivity contribution in [1.29, 1.82) is 0 Å². The Labute approximate surface area is 227 Å². The first kappa shape index (κ1) is 27.8. The fourth-order valence-electron chi connectivity index (χ4n) is 4.26. The molecule has 1 amide bonds. The van der Waals surface area contributed by atoms with E-state index in [9.17, 15) is 13.2 Å². The Morgan fingerprint density at radius 2 is 1.76 bits per heavy atom. The zero-order valence-corrected chi connectivity index (χ0v) is 23.1. The Kier molecular flexibility index (Phi) is 8.83. The molecule has 0 radical (unpaired) electrons. The molecule has 1 atom stereocenters. The predicted octanol–water partition coefficient (Wildman–Crippen LogP) is 4.50. The van der Waals surface area contributed by atoms with Gasteiger partial charge in [-0.25, -0.2) is 13.4 Å². The van der Waals surface area contributed by atoms with Crippen molar-refractivity contribution < 1.29 is 27.4 Å². The maximum atomic E-state index is 13.8. The Hall–Kier alpha value is -3.25. The van der Waals surface area contributed by atoms with Gasteiger partial charge in [0.05, 0.1) is 31.8 Å². The molecule has 0 saturated carbocycles. The van der Waals surface area contributed by atoms with Crippen LogP contribution in [-0.2, 0) is 14.8 Å². The van der Waals surface area contributed by atoms with Crippen LogP contribution in [0.3, 0.4) is 0 Å². The molecule has 38 heavy (non-hydrogen) atoms. The molecule has 4 rings (SSSR count). The van der Waals surface area contributed by atoms with Crippen LogP contribution in [0.2, 0.25) is 0 Å². The minimum absolute atomic E-state index is 0.0814. The van der Waals surface area contributed by atoms with Crippen LogP contribution in [0.15, 0.2) is 66.6 Å². The number of amides is 1. The Bertz CT molecular complexity index is 1360. The number of ether oxygens (including phenoxy) is 3. The van der Waals surface area contributed by atoms with Gasteiger partial charge in [-0.2, -0.15) is 4.31 Å². The third-order valence-electron chi connectivity index (χ3n) is 6.19. The first-order valence-corrected chi connectivity index (χ1v) is 14.4. The summed E-state index contributed by atoms with van der Waals surface area (Å²) in [5.74, 6) is 0.897. The summed E-state index contributed by atoms with van der Waals surface area (Å²) in [6.45, 7) is 8.52. The summed E-state index contributed by atoms with van der Waals surface area (Å²) >= 11 is 1.33. The minimum atomic E-state index is -3.78. The van der Waals surface area contributed by atoms with Crippen molar-refractivity contribution in [3.63, 3.8) is 0 Å². The number of sulfonamides is 1. The maximum absolute atomic E-state index is 13.8. The number of anilines is 1. The van der Waals surface area contributed by atoms with Gasteiger partial charge in [-0.3, -0.25) is 9.69 Å². The van der Waals surface area contributed by atoms with Crippen LogP contribution in [0, 0.1) is 0 Å². The standard InChI is InChI=1S/C27H31N3O6S2/c1-5-15-29(16-6-2)38(32,33)21-11-9-19(10-12-21)26(31)30(18-20-8-7-17-36-20)27-28-24-22(34-3)13-14-23(35-4)25(24)37-27/h5-6,9-14,20H,1-2,7-8,15-18H2,3-4H3. The van der Waals surface area contributed by atoms with Gasteiger partial charge in [-0.05, 0) is 49.2 Å². The lowest BCUT2D eigenvalue weighted by molar-refractivity contribution is 0.0917. The topological polar surface area (TPSA) is 98.3 Å². The Balaban J connectivity index is 1.70. The summed E-state index contributed by atoms with van der Waals surface area (Å²) in [5, 5.41) is 0.475. The van der Waals surface area contributed by atoms with Gasteiger partial charge in [0.1, 0.15) is 21.7 Å². The number of methoxy groups -OCH3 is 2. The van der Waals surface area contributed by atoms with E-state index in [-0.39, 0.29) is 30.0 Å². The van der Waals surface area contributed by atoms with Crippen molar-refractivity contribution in [2.24, 2.45) is 0 Å². The third kappa shape index (κ3) is 5.60. The van der Waals surface area contributed by atoms with Gasteiger partial charge < -0.3 is 14.2 Å². The van der Waals surface area contributed by atoms with Crippen LogP contribution in [-0.4, -0.2) is 70.2 Å². The number of hydrogen-bond donors (Lipinski definition) is 0. The number of nitrogens with zero attached hydrogens (tertiary/aromatic N) is 3. The highest BCUT2D eigenvalue weighted by atomic mass is 32.2. The van der Waals surface area contributed by atoms with Crippen LogP contribution >= 0.6 is 11.3 Å². The number of hydrogen-bond acceptors (Lipinski definition) is 8. The minimum Gasteiger partial charge on any atom is -0.495 e. The molecular weight excluding hydrogens is 526 g/mol. The molecule has 3 aromatic rings. The molecule has 1 aliphatic rings. The summed E-state index contributed by atoms with van der Waals surface area (Å²) < 4.78 is 45.0. The molecule has 0 N–H and O–H groups in total. The van der Waals surface area contributed by atoms with E-state index in [1.807, 2.05) is 0 Å². The van der Waals surface area contributed by atoms with E-state index in [1.165, 1.54) is 52.1 Å². The average molecular weight is 558 g/mol. The first-order chi connectivity index (χ1) is 18.3. The largest absolute Gasteiger partial charge is 0.495 e. The average Bonchev–Trinajstić information content (AvgIpc) is 3.61. The highest BCUT2D eigenvalue weighted by Crippen LogP contribution is 2.40. The summed E-state index contributed by atoms with van der Waals surface area (Å²) in [5.41, 5.74) is 0.932. The van der Waals surface area contributed by atoms with Gasteiger partial charge in [0, 0.05) is 25.3 Å². The Morgan fingerprint density at radius 3 is 2.34 bits per heavy atom. The predicted molar refractivity (Wildman–Crippen MR) is 149 cm³/mol. The van der Waals surface area contributed by atoms with E-state index in [4.69, 9.17) is 19.2 Å². The lowest BCUT2D eigenvalue weighted by atomic mass is 10.2. The van der Waals surface area contributed by atoms with E-state index in [1.54, 1.807) is 31.3 Å². The lowest BCUT2D eigenvalue weighted by Crippen LogP contribution is -2.37. The van der Waals surface area contributed by atoms with Gasteiger partial charge in [-0.15, -0.1) is 13.2 Å². The molecule has 1 saturated heterocycles. The molecule has 9 nitrogen and oxygen atoms in total. The van der Waals surface area contributed by atoms with Crippen molar-refractivity contribution in [1.82, 2.24) is 9.29 Å². The highest BCUT2D eigenvalue weighted by molar-refractivity contribution is 7.89. The maximum Gasteiger partial charge on any atom is 0.260 e. The number of carbonyl (C=O) groups is 1. The number of rotatable bonds is 12. The van der Waals surface area contributed by atoms with Crippen molar-refractivity contribution in [3.8, 4) is 11.5 Å². The molecule has 0 spiro atoms. The zero-order chi connectivity index (χ0) is 27.3. The van der Waals surface area contributed by atoms with Crippen LogP contribution in [0.25, 0.3) is 10.2 Å². The number of fused-ring (bicyclic) bond motifs is 1. The van der Waals surface area contributed by atoms with E-state index in [0.29, 0.717) is 40.9 Å². The molecule has 2 aromatic carbocycles. The van der Waals surface area contributed by atoms with Crippen molar-refractivity contribution in [2.75, 3.05) is 45.4 Å². The van der Waals surface area contributed by atoms with E-state index in [2.05, 4.69) is 13.2 Å². The Morgan fingerprint density at radius 1 is 1.11 bits per heavy atom. The highest BCUT2D eigenvalue weighted by Gasteiger charge is 2.29. The number of thiazole rings is 1. The summed E-state index contributed by atoms with van der Waals surface area (Å²) in [6.07, 6.45) is 4.67. The monoisotopic (exact) mass is 557 g/mol. The summed E-state index contributed by atoms with van der Waals surface area (Å²) in [6, 6.07) is 9.50. The molecule has 0 aliphatic carbocycles. The van der Waals surface area contributed by atoms with Gasteiger partial charge in [0.2, 0.25) is 10.0 Å². The number of carbonyl (C=O) groups excluding carboxylic acids is 1. The molecule has 11 heteroatoms. The van der Waals surface area contributed by atoms with Crippen LogP contribution in [0.5, 0.6) is 11.5 Å². The molecule has 1 aromatic heterocycles. The molecule has 1 unspecified atom stereocenters. The molecule has 2 heterocycles. The van der Waals surface area contributed by atoms with Gasteiger partial charge in [-0.1, -0.05) is 23.5 Å². The fraction of sp³-hybridized carbons (Fsp3) is 0.333. The molecule has 0 bridgehead atoms. The van der Waals surface area contributed by atoms with Gasteiger partial charge in [0.15, 0.2) is 5.13 Å². The van der Waals surface area contributed by atoms with Crippen LogP contribution < -0.4 is 14.4 Å². The molecule has 202 valence electrons. The lowest BCUT2D eigenvalue weighted by Gasteiger charge is -2.23. The molecule has 1 aliphatic heterocycles. The normalized spacial score (nSPS) is 15.5. The first-order valence-electron chi connectivity index (χ1n) is 12.1. The van der Waals surface area contributed by atoms with Crippen molar-refractivity contribution in [3.05, 3.63) is 67.3 Å². The fourth-order valence-corrected chi connectivity index (χ4v) is 6.73. The smallest absolute Gasteiger partial charge is 0.260 e. The van der Waals surface area contributed by atoms with Crippen molar-refractivity contribution >= 4 is 42.6 Å². The summed E-state index contributed by atoms with van der Waals surface area (Å²) in [4.78, 5) is 20.2. The zero-order valence-electron chi connectivity index (χ0n) is 21.5. The molecule has 1 fully saturated rings. The SMILES string of the molecule is C=CCN(CC=C)S(=O)(=O)c1ccc(C(=O)N(CC2CCCO2)c2nc3c(OC)ccc(OC)c3s2)cc1. The van der Waals surface area contributed by atoms with Crippen LogP contribution in [0.1, 0.15) is 23.2 Å². The summed E-state index contributed by atoms with van der Waals surface area (Å²) in [7, 11) is -0.638. The van der Waals surface area contributed by atoms with Crippen molar-refractivity contribution in [2.45, 2.75) is 23.8 Å². The van der Waals surface area contributed by atoms with E-state index < -0.39 is 10.0 Å². The third-order valence-corrected chi connectivity index (χ3v) is 9.13. The van der Waals surface area contributed by atoms with Crippen LogP contribution in [0.4, 0.5) is 5.13 Å². The molecular formula is C27H31N3O6S2. The second kappa shape index (κ2) is 12.1. The van der Waals surface area contributed by atoms with E-state index in [0.717, 1.165) is 17.5 Å². The van der Waals surface area contributed by atoms with E-state index >= 15 is 0 Å².